The Morgan fingerprint density at radius 3 is 1.88 bits per heavy atom. The highest BCUT2D eigenvalue weighted by molar-refractivity contribution is 7.25. The molecule has 40 heavy (non-hydrogen) atoms. The molecule has 6 aromatic carbocycles. The third-order valence-electron chi connectivity index (χ3n) is 8.38. The topological polar surface area (TPSA) is 31.2 Å². The predicted molar refractivity (Wildman–Crippen MR) is 168 cm³/mol. The largest absolute Gasteiger partial charge is 0.455 e. The van der Waals surface area contributed by atoms with Crippen LogP contribution in [0.25, 0.3) is 91.5 Å². The maximum absolute atomic E-state index is 6.77. The number of fused-ring (bicyclic) bond motifs is 15. The molecule has 4 aromatic heterocycles. The molecule has 0 aliphatic heterocycles. The molecule has 4 heterocycles. The van der Waals surface area contributed by atoms with Gasteiger partial charge in [-0.25, -0.2) is 0 Å². The van der Waals surface area contributed by atoms with Crippen LogP contribution in [0.15, 0.2) is 124 Å². The highest BCUT2D eigenvalue weighted by Gasteiger charge is 2.26. The van der Waals surface area contributed by atoms with Gasteiger partial charge in [-0.15, -0.1) is 11.3 Å². The first-order valence-electron chi connectivity index (χ1n) is 13.4. The second-order valence-electron chi connectivity index (χ2n) is 10.5. The molecule has 0 saturated carbocycles. The van der Waals surface area contributed by atoms with Crippen LogP contribution in [-0.2, 0) is 0 Å². The summed E-state index contributed by atoms with van der Waals surface area (Å²) >= 11 is 1.84. The molecule has 0 spiro atoms. The van der Waals surface area contributed by atoms with Crippen LogP contribution in [0, 0.1) is 0 Å². The van der Waals surface area contributed by atoms with E-state index in [0.29, 0.717) is 0 Å². The smallest absolute Gasteiger partial charge is 0.160 e. The normalized spacial score (nSPS) is 12.5. The van der Waals surface area contributed by atoms with Crippen molar-refractivity contribution >= 4 is 97.2 Å². The van der Waals surface area contributed by atoms with E-state index in [2.05, 4.69) is 108 Å². The molecule has 4 heteroatoms. The molecule has 10 aromatic rings. The van der Waals surface area contributed by atoms with Crippen molar-refractivity contribution in [2.75, 3.05) is 0 Å². The summed E-state index contributed by atoms with van der Waals surface area (Å²) in [4.78, 5) is 0. The second kappa shape index (κ2) is 7.32. The maximum atomic E-state index is 6.77. The van der Waals surface area contributed by atoms with Crippen molar-refractivity contribution in [3.63, 3.8) is 0 Å². The van der Waals surface area contributed by atoms with Gasteiger partial charge in [0, 0.05) is 52.8 Å². The Hall–Kier alpha value is -5.06. The Morgan fingerprint density at radius 2 is 1.07 bits per heavy atom. The van der Waals surface area contributed by atoms with Crippen molar-refractivity contribution in [1.29, 1.82) is 0 Å². The van der Waals surface area contributed by atoms with Crippen LogP contribution in [0.3, 0.4) is 0 Å². The van der Waals surface area contributed by atoms with Crippen LogP contribution in [0.4, 0.5) is 0 Å². The molecular weight excluding hydrogens is 510 g/mol. The third-order valence-corrected chi connectivity index (χ3v) is 9.53. The fraction of sp³-hybridized carbons (Fsp3) is 0. The van der Waals surface area contributed by atoms with E-state index in [1.165, 1.54) is 20.2 Å². The number of hydrogen-bond donors (Lipinski definition) is 0. The molecular formula is C36H19NO2S. The first-order valence-corrected chi connectivity index (χ1v) is 14.3. The maximum Gasteiger partial charge on any atom is 0.160 e. The monoisotopic (exact) mass is 529 g/mol. The lowest BCUT2D eigenvalue weighted by atomic mass is 10.0. The lowest BCUT2D eigenvalue weighted by Crippen LogP contribution is -1.94. The third kappa shape index (κ3) is 2.50. The summed E-state index contributed by atoms with van der Waals surface area (Å²) in [6.07, 6.45) is 0. The van der Waals surface area contributed by atoms with E-state index in [1.54, 1.807) is 0 Å². The van der Waals surface area contributed by atoms with Crippen molar-refractivity contribution < 1.29 is 8.83 Å². The van der Waals surface area contributed by atoms with Crippen molar-refractivity contribution in [2.45, 2.75) is 0 Å². The first kappa shape index (κ1) is 20.8. The van der Waals surface area contributed by atoms with Crippen LogP contribution in [0.1, 0.15) is 0 Å². The van der Waals surface area contributed by atoms with Gasteiger partial charge in [0.15, 0.2) is 5.58 Å². The summed E-state index contributed by atoms with van der Waals surface area (Å²) in [6, 6.07) is 40.8. The van der Waals surface area contributed by atoms with E-state index in [-0.39, 0.29) is 0 Å². The molecule has 0 radical (unpaired) electrons. The number of benzene rings is 6. The summed E-state index contributed by atoms with van der Waals surface area (Å²) in [5.41, 5.74) is 6.85. The molecule has 0 unspecified atom stereocenters. The SMILES string of the molecule is c1ccc2c(c1)oc1c2c2c3ccccc3oc2c2c1c1ccccc1n2-c1ccc2sc3ccccc3c2c1. The number of aromatic nitrogens is 1. The van der Waals surface area contributed by atoms with Gasteiger partial charge in [0.1, 0.15) is 22.3 Å². The van der Waals surface area contributed by atoms with Gasteiger partial charge in [0.2, 0.25) is 0 Å². The summed E-state index contributed by atoms with van der Waals surface area (Å²) in [5, 5.41) is 9.24. The van der Waals surface area contributed by atoms with E-state index in [1.807, 2.05) is 23.5 Å². The van der Waals surface area contributed by atoms with Gasteiger partial charge in [-0.3, -0.25) is 0 Å². The summed E-state index contributed by atoms with van der Waals surface area (Å²) in [6.45, 7) is 0. The Morgan fingerprint density at radius 1 is 0.475 bits per heavy atom. The molecule has 3 nitrogen and oxygen atoms in total. The predicted octanol–water partition coefficient (Wildman–Crippen LogP) is 11.0. The Balaban J connectivity index is 1.49. The fourth-order valence-corrected chi connectivity index (χ4v) is 7.82. The van der Waals surface area contributed by atoms with Gasteiger partial charge < -0.3 is 13.4 Å². The number of para-hydroxylation sites is 3. The Kier molecular flexibility index (Phi) is 3.81. The average molecular weight is 530 g/mol. The van der Waals surface area contributed by atoms with E-state index in [0.717, 1.165) is 71.4 Å². The van der Waals surface area contributed by atoms with Gasteiger partial charge in [0.25, 0.3) is 0 Å². The molecule has 0 aliphatic carbocycles. The molecule has 0 atom stereocenters. The minimum atomic E-state index is 0.882. The van der Waals surface area contributed by atoms with Crippen LogP contribution in [0.5, 0.6) is 0 Å². The molecule has 0 N–H and O–H groups in total. The highest BCUT2D eigenvalue weighted by Crippen LogP contribution is 2.48. The van der Waals surface area contributed by atoms with E-state index >= 15 is 0 Å². The molecule has 186 valence electrons. The Labute approximate surface area is 231 Å². The lowest BCUT2D eigenvalue weighted by Gasteiger charge is -2.09. The van der Waals surface area contributed by atoms with Crippen molar-refractivity contribution in [3.8, 4) is 5.69 Å². The van der Waals surface area contributed by atoms with Crippen molar-refractivity contribution in [3.05, 3.63) is 115 Å². The van der Waals surface area contributed by atoms with Gasteiger partial charge in [-0.2, -0.15) is 0 Å². The summed E-state index contributed by atoms with van der Waals surface area (Å²) < 4.78 is 18.4. The minimum Gasteiger partial charge on any atom is -0.455 e. The highest BCUT2D eigenvalue weighted by atomic mass is 32.1. The van der Waals surface area contributed by atoms with Gasteiger partial charge in [-0.05, 0) is 42.5 Å². The van der Waals surface area contributed by atoms with Crippen LogP contribution in [-0.4, -0.2) is 4.57 Å². The zero-order chi connectivity index (χ0) is 25.9. The molecule has 0 saturated heterocycles. The van der Waals surface area contributed by atoms with Gasteiger partial charge in [-0.1, -0.05) is 72.8 Å². The lowest BCUT2D eigenvalue weighted by molar-refractivity contribution is 0.667. The van der Waals surface area contributed by atoms with Crippen LogP contribution in [0.2, 0.25) is 0 Å². The van der Waals surface area contributed by atoms with E-state index < -0.39 is 0 Å². The number of nitrogens with zero attached hydrogens (tertiary/aromatic N) is 1. The van der Waals surface area contributed by atoms with Gasteiger partial charge in [0.05, 0.1) is 10.9 Å². The average Bonchev–Trinajstić information content (AvgIpc) is 3.75. The summed E-state index contributed by atoms with van der Waals surface area (Å²) in [5.74, 6) is 0. The number of hydrogen-bond acceptors (Lipinski definition) is 3. The van der Waals surface area contributed by atoms with E-state index in [4.69, 9.17) is 8.83 Å². The standard InChI is InChI=1S/C36H19NO2S/c1-5-13-26-22(10-1)33-34(37(26)20-17-18-30-25(19-20)21-9-4-8-16-29(21)40-30)36-32(24-12-3-7-15-28(24)39-36)31-23-11-2-6-14-27(23)38-35(31)33/h1-19H. The van der Waals surface area contributed by atoms with Crippen LogP contribution >= 0.6 is 11.3 Å². The molecule has 0 aliphatic rings. The number of thiophene rings is 1. The molecule has 0 bridgehead atoms. The first-order chi connectivity index (χ1) is 19.8. The van der Waals surface area contributed by atoms with Crippen molar-refractivity contribution in [2.24, 2.45) is 0 Å². The van der Waals surface area contributed by atoms with E-state index in [9.17, 15) is 0 Å². The molecule has 0 fully saturated rings. The Bertz CT molecular complexity index is 2660. The molecule has 0 amide bonds. The minimum absolute atomic E-state index is 0.882. The van der Waals surface area contributed by atoms with Crippen molar-refractivity contribution in [1.82, 2.24) is 4.57 Å². The fourth-order valence-electron chi connectivity index (χ4n) is 6.74. The molecule has 10 rings (SSSR count). The zero-order valence-corrected chi connectivity index (χ0v) is 22.0. The number of rotatable bonds is 1. The quantitative estimate of drug-likeness (QED) is 0.212. The number of furan rings is 2. The summed E-state index contributed by atoms with van der Waals surface area (Å²) in [7, 11) is 0. The van der Waals surface area contributed by atoms with Crippen LogP contribution < -0.4 is 0 Å². The van der Waals surface area contributed by atoms with Gasteiger partial charge >= 0.3 is 0 Å². The second-order valence-corrected chi connectivity index (χ2v) is 11.5. The zero-order valence-electron chi connectivity index (χ0n) is 21.1.